The molecule has 3 fully saturated rings. The highest BCUT2D eigenvalue weighted by Gasteiger charge is 2.40. The van der Waals surface area contributed by atoms with Crippen molar-refractivity contribution in [2.75, 3.05) is 13.1 Å². The van der Waals surface area contributed by atoms with Crippen molar-refractivity contribution in [2.24, 2.45) is 5.92 Å². The van der Waals surface area contributed by atoms with Crippen LogP contribution >= 0.6 is 0 Å². The fourth-order valence-corrected chi connectivity index (χ4v) is 2.85. The van der Waals surface area contributed by atoms with E-state index in [4.69, 9.17) is 0 Å². The van der Waals surface area contributed by atoms with Gasteiger partial charge in [-0.2, -0.15) is 0 Å². The predicted octanol–water partition coefficient (Wildman–Crippen LogP) is 0.749. The largest absolute Gasteiger partial charge is 0.338 e. The maximum absolute atomic E-state index is 11.8. The highest BCUT2D eigenvalue weighted by molar-refractivity contribution is 5.79. The smallest absolute Gasteiger partial charge is 0.236 e. The average molecular weight is 194 g/mol. The number of carbonyl (C=O) groups excluding carboxylic acids is 1. The molecule has 1 amide bonds. The Morgan fingerprint density at radius 2 is 2.14 bits per heavy atom. The zero-order valence-electron chi connectivity index (χ0n) is 8.54. The number of nitrogens with one attached hydrogen (secondary N) is 1. The molecule has 3 rings (SSSR count). The molecule has 2 saturated carbocycles. The molecular weight excluding hydrogens is 176 g/mol. The molecule has 3 nitrogen and oxygen atoms in total. The monoisotopic (exact) mass is 194 g/mol. The molecule has 14 heavy (non-hydrogen) atoms. The number of rotatable bonds is 3. The summed E-state index contributed by atoms with van der Waals surface area (Å²) in [6.07, 6.45) is 6.40. The molecule has 1 saturated heterocycles. The summed E-state index contributed by atoms with van der Waals surface area (Å²) in [5.41, 5.74) is 0. The van der Waals surface area contributed by atoms with E-state index in [0.29, 0.717) is 24.5 Å². The van der Waals surface area contributed by atoms with Gasteiger partial charge in [-0.1, -0.05) is 0 Å². The second-order valence-electron chi connectivity index (χ2n) is 5.03. The quantitative estimate of drug-likeness (QED) is 0.719. The van der Waals surface area contributed by atoms with Crippen LogP contribution in [-0.4, -0.2) is 36.0 Å². The van der Waals surface area contributed by atoms with Crippen LogP contribution in [0.2, 0.25) is 0 Å². The zero-order valence-corrected chi connectivity index (χ0v) is 8.54. The molecule has 0 radical (unpaired) electrons. The Balaban J connectivity index is 1.51. The van der Waals surface area contributed by atoms with Gasteiger partial charge in [-0.15, -0.1) is 0 Å². The van der Waals surface area contributed by atoms with Crippen LogP contribution in [0.4, 0.5) is 0 Å². The third-order valence-electron chi connectivity index (χ3n) is 3.85. The van der Waals surface area contributed by atoms with Crippen LogP contribution in [-0.2, 0) is 4.79 Å². The minimum Gasteiger partial charge on any atom is -0.338 e. The van der Waals surface area contributed by atoms with Gasteiger partial charge in [0.15, 0.2) is 0 Å². The van der Waals surface area contributed by atoms with E-state index in [0.717, 1.165) is 12.5 Å². The Bertz CT molecular complexity index is 250. The van der Waals surface area contributed by atoms with Gasteiger partial charge in [0.2, 0.25) is 5.91 Å². The summed E-state index contributed by atoms with van der Waals surface area (Å²) >= 11 is 0. The Morgan fingerprint density at radius 1 is 1.29 bits per heavy atom. The Kier molecular flexibility index (Phi) is 2.01. The first-order chi connectivity index (χ1) is 6.83. The molecule has 2 atom stereocenters. The second-order valence-corrected chi connectivity index (χ2v) is 5.03. The van der Waals surface area contributed by atoms with Crippen molar-refractivity contribution in [3.8, 4) is 0 Å². The average Bonchev–Trinajstić information content (AvgIpc) is 2.79. The molecule has 2 bridgehead atoms. The number of fused-ring (bicyclic) bond motifs is 2. The van der Waals surface area contributed by atoms with Gasteiger partial charge < -0.3 is 10.2 Å². The van der Waals surface area contributed by atoms with E-state index in [-0.39, 0.29) is 0 Å². The van der Waals surface area contributed by atoms with Gasteiger partial charge in [-0.3, -0.25) is 4.79 Å². The van der Waals surface area contributed by atoms with Gasteiger partial charge in [0.1, 0.15) is 0 Å². The molecule has 78 valence electrons. The number of nitrogens with zero attached hydrogens (tertiary/aromatic N) is 1. The SMILES string of the molecule is O=C(CNC1CC1)N1CC2CCC1C2. The summed E-state index contributed by atoms with van der Waals surface area (Å²) in [6, 6.07) is 1.24. The van der Waals surface area contributed by atoms with Gasteiger partial charge in [0.25, 0.3) is 0 Å². The number of amides is 1. The summed E-state index contributed by atoms with van der Waals surface area (Å²) < 4.78 is 0. The second kappa shape index (κ2) is 3.23. The van der Waals surface area contributed by atoms with Gasteiger partial charge in [-0.25, -0.2) is 0 Å². The van der Waals surface area contributed by atoms with Crippen LogP contribution in [0.3, 0.4) is 0 Å². The lowest BCUT2D eigenvalue weighted by molar-refractivity contribution is -0.131. The van der Waals surface area contributed by atoms with Crippen LogP contribution in [0.15, 0.2) is 0 Å². The molecule has 0 aromatic heterocycles. The fraction of sp³-hybridized carbons (Fsp3) is 0.909. The minimum absolute atomic E-state index is 0.337. The summed E-state index contributed by atoms with van der Waals surface area (Å²) in [5, 5.41) is 3.30. The lowest BCUT2D eigenvalue weighted by Gasteiger charge is -2.27. The van der Waals surface area contributed by atoms with E-state index < -0.39 is 0 Å². The van der Waals surface area contributed by atoms with E-state index in [1.54, 1.807) is 0 Å². The lowest BCUT2D eigenvalue weighted by Crippen LogP contribution is -2.43. The van der Waals surface area contributed by atoms with E-state index >= 15 is 0 Å². The normalized spacial score (nSPS) is 35.3. The summed E-state index contributed by atoms with van der Waals surface area (Å²) in [6.45, 7) is 1.61. The van der Waals surface area contributed by atoms with Crippen molar-refractivity contribution in [1.29, 1.82) is 0 Å². The summed E-state index contributed by atoms with van der Waals surface area (Å²) in [5.74, 6) is 1.16. The molecule has 3 heteroatoms. The highest BCUT2D eigenvalue weighted by atomic mass is 16.2. The van der Waals surface area contributed by atoms with Gasteiger partial charge in [0.05, 0.1) is 6.54 Å². The van der Waals surface area contributed by atoms with E-state index in [1.165, 1.54) is 32.1 Å². The molecule has 3 aliphatic rings. The molecule has 2 aliphatic carbocycles. The lowest BCUT2D eigenvalue weighted by atomic mass is 10.1. The van der Waals surface area contributed by atoms with Crippen LogP contribution in [0.5, 0.6) is 0 Å². The number of hydrogen-bond acceptors (Lipinski definition) is 2. The zero-order chi connectivity index (χ0) is 9.54. The van der Waals surface area contributed by atoms with E-state index in [9.17, 15) is 4.79 Å². The molecule has 0 spiro atoms. The van der Waals surface area contributed by atoms with Crippen molar-refractivity contribution >= 4 is 5.91 Å². The van der Waals surface area contributed by atoms with Crippen LogP contribution in [0.25, 0.3) is 0 Å². The van der Waals surface area contributed by atoms with Crippen molar-refractivity contribution in [3.63, 3.8) is 0 Å². The van der Waals surface area contributed by atoms with Crippen LogP contribution < -0.4 is 5.32 Å². The first-order valence-electron chi connectivity index (χ1n) is 5.86. The number of hydrogen-bond donors (Lipinski definition) is 1. The molecule has 1 aliphatic heterocycles. The molecular formula is C11H18N2O. The number of carbonyl (C=O) groups is 1. The first-order valence-corrected chi connectivity index (χ1v) is 5.86. The van der Waals surface area contributed by atoms with E-state index in [1.807, 2.05) is 0 Å². The number of piperidine rings is 1. The van der Waals surface area contributed by atoms with Crippen LogP contribution in [0.1, 0.15) is 32.1 Å². The molecule has 0 aromatic carbocycles. The standard InChI is InChI=1S/C11H18N2O/c14-11(6-12-9-2-3-9)13-7-8-1-4-10(13)5-8/h8-10,12H,1-7H2. The summed E-state index contributed by atoms with van der Waals surface area (Å²) in [7, 11) is 0. The van der Waals surface area contributed by atoms with Crippen molar-refractivity contribution in [1.82, 2.24) is 10.2 Å². The highest BCUT2D eigenvalue weighted by Crippen LogP contribution is 2.37. The van der Waals surface area contributed by atoms with Crippen molar-refractivity contribution < 1.29 is 4.79 Å². The molecule has 0 aromatic rings. The third kappa shape index (κ3) is 1.54. The summed E-state index contributed by atoms with van der Waals surface area (Å²) in [4.78, 5) is 13.9. The van der Waals surface area contributed by atoms with Crippen molar-refractivity contribution in [2.45, 2.75) is 44.2 Å². The third-order valence-corrected chi connectivity index (χ3v) is 3.85. The predicted molar refractivity (Wildman–Crippen MR) is 53.9 cm³/mol. The molecule has 2 unspecified atom stereocenters. The Morgan fingerprint density at radius 3 is 2.71 bits per heavy atom. The van der Waals surface area contributed by atoms with Gasteiger partial charge >= 0.3 is 0 Å². The first kappa shape index (κ1) is 8.72. The van der Waals surface area contributed by atoms with Crippen molar-refractivity contribution in [3.05, 3.63) is 0 Å². The molecule has 1 N–H and O–H groups in total. The van der Waals surface area contributed by atoms with E-state index in [2.05, 4.69) is 10.2 Å². The maximum atomic E-state index is 11.8. The van der Waals surface area contributed by atoms with Gasteiger partial charge in [0, 0.05) is 18.6 Å². The fourth-order valence-electron chi connectivity index (χ4n) is 2.85. The Hall–Kier alpha value is -0.570. The maximum Gasteiger partial charge on any atom is 0.236 e. The minimum atomic E-state index is 0.337. The van der Waals surface area contributed by atoms with Crippen LogP contribution in [0, 0.1) is 5.92 Å². The van der Waals surface area contributed by atoms with Gasteiger partial charge in [-0.05, 0) is 38.0 Å². The number of likely N-dealkylation sites (tertiary alicyclic amines) is 1. The topological polar surface area (TPSA) is 32.3 Å². The molecule has 1 heterocycles. The Labute approximate surface area is 84.8 Å².